The van der Waals surface area contributed by atoms with Crippen LogP contribution in [0.15, 0.2) is 59.6 Å². The predicted molar refractivity (Wildman–Crippen MR) is 146 cm³/mol. The van der Waals surface area contributed by atoms with Gasteiger partial charge in [0.25, 0.3) is 0 Å². The van der Waals surface area contributed by atoms with Crippen LogP contribution in [0.25, 0.3) is 0 Å². The lowest BCUT2D eigenvalue weighted by atomic mass is 10.1. The van der Waals surface area contributed by atoms with Gasteiger partial charge < -0.3 is 15.4 Å². The van der Waals surface area contributed by atoms with Gasteiger partial charge in [0, 0.05) is 25.3 Å². The van der Waals surface area contributed by atoms with Gasteiger partial charge in [-0.1, -0.05) is 42.5 Å². The van der Waals surface area contributed by atoms with Gasteiger partial charge in [0.2, 0.25) is 0 Å². The third-order valence-electron chi connectivity index (χ3n) is 5.56. The normalized spacial score (nSPS) is 12.1. The summed E-state index contributed by atoms with van der Waals surface area (Å²) in [6, 6.07) is 18.4. The van der Waals surface area contributed by atoms with Crippen LogP contribution < -0.4 is 15.4 Å². The number of ether oxygens (including phenoxy) is 1. The maximum absolute atomic E-state index is 5.95. The minimum Gasteiger partial charge on any atom is -0.489 e. The second-order valence-electron chi connectivity index (χ2n) is 8.09. The smallest absolute Gasteiger partial charge is 0.191 e. The first-order chi connectivity index (χ1) is 15.5. The molecule has 0 aliphatic heterocycles. The van der Waals surface area contributed by atoms with E-state index in [0.29, 0.717) is 13.2 Å². The molecule has 0 aliphatic rings. The van der Waals surface area contributed by atoms with Crippen molar-refractivity contribution in [3.63, 3.8) is 0 Å². The van der Waals surface area contributed by atoms with Gasteiger partial charge in [0.1, 0.15) is 12.4 Å². The Balaban J connectivity index is 0.00000385. The molecule has 0 spiro atoms. The number of benzene rings is 2. The van der Waals surface area contributed by atoms with Crippen LogP contribution in [0, 0.1) is 13.8 Å². The highest BCUT2D eigenvalue weighted by atomic mass is 127. The molecule has 6 nitrogen and oxygen atoms in total. The molecule has 33 heavy (non-hydrogen) atoms. The van der Waals surface area contributed by atoms with Gasteiger partial charge >= 0.3 is 0 Å². The molecule has 0 fully saturated rings. The summed E-state index contributed by atoms with van der Waals surface area (Å²) in [5, 5.41) is 11.5. The number of guanidine groups is 1. The number of rotatable bonds is 9. The second-order valence-corrected chi connectivity index (χ2v) is 8.09. The van der Waals surface area contributed by atoms with E-state index in [1.807, 2.05) is 54.2 Å². The van der Waals surface area contributed by atoms with Crippen molar-refractivity contribution >= 4 is 29.9 Å². The molecule has 0 saturated heterocycles. The Morgan fingerprint density at radius 1 is 1.06 bits per heavy atom. The van der Waals surface area contributed by atoms with Crippen molar-refractivity contribution in [2.75, 3.05) is 6.54 Å². The first-order valence-electron chi connectivity index (χ1n) is 11.3. The molecule has 1 atom stereocenters. The van der Waals surface area contributed by atoms with Crippen molar-refractivity contribution in [3.05, 3.63) is 82.7 Å². The lowest BCUT2D eigenvalue weighted by Gasteiger charge is -2.18. The highest BCUT2D eigenvalue weighted by Gasteiger charge is 2.14. The highest BCUT2D eigenvalue weighted by molar-refractivity contribution is 14.0. The summed E-state index contributed by atoms with van der Waals surface area (Å²) in [4.78, 5) is 4.85. The molecule has 2 aromatic carbocycles. The van der Waals surface area contributed by atoms with Crippen molar-refractivity contribution in [1.29, 1.82) is 0 Å². The fourth-order valence-electron chi connectivity index (χ4n) is 3.72. The van der Waals surface area contributed by atoms with E-state index in [9.17, 15) is 0 Å². The largest absolute Gasteiger partial charge is 0.489 e. The Labute approximate surface area is 214 Å². The van der Waals surface area contributed by atoms with Crippen LogP contribution in [0.4, 0.5) is 0 Å². The summed E-state index contributed by atoms with van der Waals surface area (Å²) in [6.07, 6.45) is 0.900. The third kappa shape index (κ3) is 7.77. The second kappa shape index (κ2) is 13.2. The van der Waals surface area contributed by atoms with E-state index in [0.717, 1.165) is 41.5 Å². The van der Waals surface area contributed by atoms with Crippen LogP contribution >= 0.6 is 24.0 Å². The van der Waals surface area contributed by atoms with Crippen molar-refractivity contribution in [1.82, 2.24) is 20.4 Å². The molecule has 0 amide bonds. The van der Waals surface area contributed by atoms with Gasteiger partial charge in [-0.05, 0) is 62.9 Å². The SMILES string of the molecule is CCNC(=NCc1ccccc1COc1ccccc1)NC(C)Cc1c(C)nn(C)c1C.I. The Morgan fingerprint density at radius 2 is 1.73 bits per heavy atom. The molecule has 0 saturated carbocycles. The van der Waals surface area contributed by atoms with E-state index in [4.69, 9.17) is 9.73 Å². The van der Waals surface area contributed by atoms with Gasteiger partial charge in [-0.3, -0.25) is 4.68 Å². The van der Waals surface area contributed by atoms with Crippen molar-refractivity contribution in [2.45, 2.75) is 53.3 Å². The summed E-state index contributed by atoms with van der Waals surface area (Å²) in [7, 11) is 1.99. The average molecular weight is 562 g/mol. The first-order valence-corrected chi connectivity index (χ1v) is 11.3. The molecule has 0 radical (unpaired) electrons. The number of hydrogen-bond acceptors (Lipinski definition) is 3. The zero-order valence-electron chi connectivity index (χ0n) is 20.3. The van der Waals surface area contributed by atoms with Crippen LogP contribution in [-0.4, -0.2) is 28.3 Å². The monoisotopic (exact) mass is 561 g/mol. The number of para-hydroxylation sites is 1. The predicted octanol–water partition coefficient (Wildman–Crippen LogP) is 4.92. The van der Waals surface area contributed by atoms with E-state index in [1.54, 1.807) is 0 Å². The molecule has 178 valence electrons. The zero-order chi connectivity index (χ0) is 22.9. The number of hydrogen-bond donors (Lipinski definition) is 2. The van der Waals surface area contributed by atoms with Gasteiger partial charge in [0.15, 0.2) is 5.96 Å². The van der Waals surface area contributed by atoms with Gasteiger partial charge in [0.05, 0.1) is 12.2 Å². The Morgan fingerprint density at radius 3 is 2.36 bits per heavy atom. The zero-order valence-corrected chi connectivity index (χ0v) is 22.6. The minimum absolute atomic E-state index is 0. The molecule has 1 unspecified atom stereocenters. The molecule has 1 heterocycles. The average Bonchev–Trinajstić information content (AvgIpc) is 3.03. The summed E-state index contributed by atoms with van der Waals surface area (Å²) in [6.45, 7) is 10.4. The number of nitrogens with one attached hydrogen (secondary N) is 2. The van der Waals surface area contributed by atoms with E-state index in [2.05, 4.69) is 55.6 Å². The summed E-state index contributed by atoms with van der Waals surface area (Å²) < 4.78 is 7.90. The fraction of sp³-hybridized carbons (Fsp3) is 0.385. The Hall–Kier alpha value is -2.55. The molecule has 3 aromatic rings. The van der Waals surface area contributed by atoms with Crippen molar-refractivity contribution in [3.8, 4) is 5.75 Å². The van der Waals surface area contributed by atoms with Crippen molar-refractivity contribution in [2.24, 2.45) is 12.0 Å². The van der Waals surface area contributed by atoms with Crippen LogP contribution in [0.3, 0.4) is 0 Å². The Bertz CT molecular complexity index is 1030. The van der Waals surface area contributed by atoms with E-state index < -0.39 is 0 Å². The van der Waals surface area contributed by atoms with E-state index in [1.165, 1.54) is 11.3 Å². The quantitative estimate of drug-likeness (QED) is 0.221. The third-order valence-corrected chi connectivity index (χ3v) is 5.56. The Kier molecular flexibility index (Phi) is 10.7. The van der Waals surface area contributed by atoms with Gasteiger partial charge in [-0.15, -0.1) is 24.0 Å². The molecule has 3 rings (SSSR count). The molecular formula is C26H36IN5O. The van der Waals surface area contributed by atoms with Crippen molar-refractivity contribution < 1.29 is 4.74 Å². The molecule has 0 bridgehead atoms. The molecule has 0 aliphatic carbocycles. The topological polar surface area (TPSA) is 63.5 Å². The number of aryl methyl sites for hydroxylation is 2. The molecule has 1 aromatic heterocycles. The summed E-state index contributed by atoms with van der Waals surface area (Å²) >= 11 is 0. The summed E-state index contributed by atoms with van der Waals surface area (Å²) in [5.74, 6) is 1.69. The fourth-order valence-corrected chi connectivity index (χ4v) is 3.72. The highest BCUT2D eigenvalue weighted by Crippen LogP contribution is 2.16. The van der Waals surface area contributed by atoms with E-state index >= 15 is 0 Å². The number of nitrogens with zero attached hydrogens (tertiary/aromatic N) is 3. The maximum Gasteiger partial charge on any atom is 0.191 e. The molecular weight excluding hydrogens is 525 g/mol. The van der Waals surface area contributed by atoms with Crippen LogP contribution in [-0.2, 0) is 26.6 Å². The minimum atomic E-state index is 0. The van der Waals surface area contributed by atoms with Gasteiger partial charge in [-0.25, -0.2) is 4.99 Å². The first kappa shape index (κ1) is 26.7. The standard InChI is InChI=1S/C26H35N5O.HI/c1-6-27-26(29-19(2)16-25-20(3)30-31(5)21(25)4)28-17-22-12-10-11-13-23(22)18-32-24-14-8-7-9-15-24;/h7-15,19H,6,16-18H2,1-5H3,(H2,27,28,29);1H. The van der Waals surface area contributed by atoms with E-state index in [-0.39, 0.29) is 30.0 Å². The number of aromatic nitrogens is 2. The lowest BCUT2D eigenvalue weighted by Crippen LogP contribution is -2.43. The van der Waals surface area contributed by atoms with Gasteiger partial charge in [-0.2, -0.15) is 5.10 Å². The van der Waals surface area contributed by atoms with Crippen LogP contribution in [0.5, 0.6) is 5.75 Å². The number of aliphatic imine (C=N–C) groups is 1. The van der Waals surface area contributed by atoms with Crippen LogP contribution in [0.1, 0.15) is 41.9 Å². The number of halogens is 1. The maximum atomic E-state index is 5.95. The van der Waals surface area contributed by atoms with Crippen LogP contribution in [0.2, 0.25) is 0 Å². The lowest BCUT2D eigenvalue weighted by molar-refractivity contribution is 0.305. The molecule has 7 heteroatoms. The summed E-state index contributed by atoms with van der Waals surface area (Å²) in [5.41, 5.74) is 5.91. The molecule has 2 N–H and O–H groups in total.